The molecule has 0 amide bonds. The standard InChI is InChI=1S/C49H31N3/c1-4-11-32(12-5-1)42-31-46(34-15-8-3-9-16-34)50-45-28-24-39-29-38(21-25-41(39)47(42)45)37-17-10-18-40(30-37)44-27-23-36-20-19-35-22-26-43(33-13-6-2-7-14-33)51-48(35)49(36)52-44/h1-31H. The number of hydrogen-bond acceptors (Lipinski definition) is 3. The number of nitrogens with zero attached hydrogens (tertiary/aromatic N) is 3. The Hall–Kier alpha value is -6.97. The van der Waals surface area contributed by atoms with Crippen LogP contribution in [0.5, 0.6) is 0 Å². The average Bonchev–Trinajstić information content (AvgIpc) is 3.23. The van der Waals surface area contributed by atoms with E-state index in [1.54, 1.807) is 0 Å². The van der Waals surface area contributed by atoms with E-state index < -0.39 is 0 Å². The molecule has 3 aromatic heterocycles. The Bertz CT molecular complexity index is 2940. The summed E-state index contributed by atoms with van der Waals surface area (Å²) in [6.45, 7) is 0. The van der Waals surface area contributed by atoms with Gasteiger partial charge in [-0.1, -0.05) is 152 Å². The van der Waals surface area contributed by atoms with Gasteiger partial charge in [-0.05, 0) is 69.4 Å². The van der Waals surface area contributed by atoms with Crippen molar-refractivity contribution in [2.45, 2.75) is 0 Å². The molecule has 0 N–H and O–H groups in total. The molecule has 0 bridgehead atoms. The lowest BCUT2D eigenvalue weighted by molar-refractivity contribution is 1.36. The second kappa shape index (κ2) is 12.4. The first-order valence-corrected chi connectivity index (χ1v) is 17.6. The van der Waals surface area contributed by atoms with E-state index in [1.165, 1.54) is 27.3 Å². The molecule has 0 fully saturated rings. The third kappa shape index (κ3) is 5.28. The van der Waals surface area contributed by atoms with Crippen molar-refractivity contribution >= 4 is 43.5 Å². The van der Waals surface area contributed by atoms with Crippen LogP contribution in [0.15, 0.2) is 188 Å². The Kier molecular flexibility index (Phi) is 7.14. The van der Waals surface area contributed by atoms with Crippen LogP contribution in [0, 0.1) is 0 Å². The summed E-state index contributed by atoms with van der Waals surface area (Å²) < 4.78 is 0. The van der Waals surface area contributed by atoms with Crippen LogP contribution in [0.4, 0.5) is 0 Å². The number of aromatic nitrogens is 3. The van der Waals surface area contributed by atoms with Crippen LogP contribution in [0.3, 0.4) is 0 Å². The monoisotopic (exact) mass is 661 g/mol. The fraction of sp³-hybridized carbons (Fsp3) is 0. The molecule has 0 atom stereocenters. The lowest BCUT2D eigenvalue weighted by Crippen LogP contribution is -1.92. The molecule has 3 nitrogen and oxygen atoms in total. The Balaban J connectivity index is 1.07. The molecule has 10 rings (SSSR count). The quantitative estimate of drug-likeness (QED) is 0.172. The molecule has 0 aliphatic rings. The second-order valence-corrected chi connectivity index (χ2v) is 13.2. The summed E-state index contributed by atoms with van der Waals surface area (Å²) in [4.78, 5) is 15.5. The zero-order valence-electron chi connectivity index (χ0n) is 28.2. The van der Waals surface area contributed by atoms with Crippen LogP contribution in [0.1, 0.15) is 0 Å². The molecule has 0 spiro atoms. The van der Waals surface area contributed by atoms with Gasteiger partial charge in [0.2, 0.25) is 0 Å². The maximum atomic E-state index is 5.23. The summed E-state index contributed by atoms with van der Waals surface area (Å²) in [7, 11) is 0. The van der Waals surface area contributed by atoms with Gasteiger partial charge < -0.3 is 0 Å². The maximum absolute atomic E-state index is 5.23. The molecule has 0 saturated carbocycles. The van der Waals surface area contributed by atoms with Gasteiger partial charge >= 0.3 is 0 Å². The van der Waals surface area contributed by atoms with Crippen molar-refractivity contribution < 1.29 is 0 Å². The molecular weight excluding hydrogens is 631 g/mol. The van der Waals surface area contributed by atoms with Gasteiger partial charge in [0.25, 0.3) is 0 Å². The van der Waals surface area contributed by atoms with Gasteiger partial charge in [-0.3, -0.25) is 0 Å². The fourth-order valence-electron chi connectivity index (χ4n) is 7.40. The first kappa shape index (κ1) is 29.9. The van der Waals surface area contributed by atoms with Crippen LogP contribution < -0.4 is 0 Å². The number of benzene rings is 7. The summed E-state index contributed by atoms with van der Waals surface area (Å²) in [5.74, 6) is 0. The van der Waals surface area contributed by atoms with E-state index in [2.05, 4.69) is 164 Å². The van der Waals surface area contributed by atoms with Gasteiger partial charge in [0.05, 0.1) is 33.6 Å². The number of rotatable bonds is 5. The third-order valence-corrected chi connectivity index (χ3v) is 10.0. The van der Waals surface area contributed by atoms with E-state index in [1.807, 2.05) is 24.3 Å². The van der Waals surface area contributed by atoms with Crippen LogP contribution in [0.2, 0.25) is 0 Å². The first-order chi connectivity index (χ1) is 25.7. The lowest BCUT2D eigenvalue weighted by Gasteiger charge is -2.14. The van der Waals surface area contributed by atoms with Crippen molar-refractivity contribution in [2.24, 2.45) is 0 Å². The van der Waals surface area contributed by atoms with E-state index in [9.17, 15) is 0 Å². The summed E-state index contributed by atoms with van der Waals surface area (Å²) >= 11 is 0. The normalized spacial score (nSPS) is 11.5. The molecule has 3 heterocycles. The Morgan fingerprint density at radius 1 is 0.288 bits per heavy atom. The average molecular weight is 662 g/mol. The highest BCUT2D eigenvalue weighted by Gasteiger charge is 2.14. The summed E-state index contributed by atoms with van der Waals surface area (Å²) in [6.07, 6.45) is 0. The van der Waals surface area contributed by atoms with E-state index in [0.29, 0.717) is 0 Å². The minimum atomic E-state index is 0.911. The molecule has 0 radical (unpaired) electrons. The maximum Gasteiger partial charge on any atom is 0.0972 e. The van der Waals surface area contributed by atoms with Gasteiger partial charge in [-0.25, -0.2) is 15.0 Å². The van der Waals surface area contributed by atoms with Gasteiger partial charge in [0.1, 0.15) is 0 Å². The molecule has 0 unspecified atom stereocenters. The highest BCUT2D eigenvalue weighted by Crippen LogP contribution is 2.38. The molecular formula is C49H31N3. The molecule has 242 valence electrons. The predicted molar refractivity (Wildman–Crippen MR) is 217 cm³/mol. The topological polar surface area (TPSA) is 38.7 Å². The molecule has 10 aromatic rings. The zero-order chi connectivity index (χ0) is 34.4. The van der Waals surface area contributed by atoms with Crippen LogP contribution in [-0.4, -0.2) is 15.0 Å². The zero-order valence-corrected chi connectivity index (χ0v) is 28.2. The smallest absolute Gasteiger partial charge is 0.0972 e. The van der Waals surface area contributed by atoms with Crippen LogP contribution in [0.25, 0.3) is 99.5 Å². The molecule has 3 heteroatoms. The Morgan fingerprint density at radius 2 is 0.808 bits per heavy atom. The number of hydrogen-bond donors (Lipinski definition) is 0. The van der Waals surface area contributed by atoms with Crippen molar-refractivity contribution in [3.8, 4) is 56.0 Å². The highest BCUT2D eigenvalue weighted by molar-refractivity contribution is 6.14. The van der Waals surface area contributed by atoms with Crippen molar-refractivity contribution in [3.05, 3.63) is 188 Å². The molecule has 0 aliphatic carbocycles. The molecule has 0 aliphatic heterocycles. The van der Waals surface area contributed by atoms with E-state index in [4.69, 9.17) is 15.0 Å². The summed E-state index contributed by atoms with van der Waals surface area (Å²) in [5, 5.41) is 5.69. The van der Waals surface area contributed by atoms with Crippen molar-refractivity contribution in [3.63, 3.8) is 0 Å². The molecule has 7 aromatic carbocycles. The van der Waals surface area contributed by atoms with Crippen LogP contribution in [-0.2, 0) is 0 Å². The summed E-state index contributed by atoms with van der Waals surface area (Å²) in [5.41, 5.74) is 13.6. The number of pyridine rings is 3. The Labute approximate surface area is 301 Å². The van der Waals surface area contributed by atoms with Crippen molar-refractivity contribution in [1.82, 2.24) is 15.0 Å². The van der Waals surface area contributed by atoms with Gasteiger partial charge in [0.15, 0.2) is 0 Å². The third-order valence-electron chi connectivity index (χ3n) is 10.0. The highest BCUT2D eigenvalue weighted by atomic mass is 14.8. The first-order valence-electron chi connectivity index (χ1n) is 17.6. The molecule has 0 saturated heterocycles. The van der Waals surface area contributed by atoms with E-state index in [0.717, 1.165) is 72.2 Å². The van der Waals surface area contributed by atoms with Crippen LogP contribution >= 0.6 is 0 Å². The largest absolute Gasteiger partial charge is 0.248 e. The molecule has 52 heavy (non-hydrogen) atoms. The van der Waals surface area contributed by atoms with Crippen molar-refractivity contribution in [2.75, 3.05) is 0 Å². The number of fused-ring (bicyclic) bond motifs is 6. The van der Waals surface area contributed by atoms with Crippen molar-refractivity contribution in [1.29, 1.82) is 0 Å². The minimum absolute atomic E-state index is 0.911. The lowest BCUT2D eigenvalue weighted by atomic mass is 9.92. The van der Waals surface area contributed by atoms with Gasteiger partial charge in [-0.2, -0.15) is 0 Å². The van der Waals surface area contributed by atoms with Gasteiger partial charge in [0, 0.05) is 32.8 Å². The van der Waals surface area contributed by atoms with E-state index >= 15 is 0 Å². The minimum Gasteiger partial charge on any atom is -0.248 e. The Morgan fingerprint density at radius 3 is 1.48 bits per heavy atom. The fourth-order valence-corrected chi connectivity index (χ4v) is 7.40. The second-order valence-electron chi connectivity index (χ2n) is 13.2. The van der Waals surface area contributed by atoms with Gasteiger partial charge in [-0.15, -0.1) is 0 Å². The van der Waals surface area contributed by atoms with E-state index in [-0.39, 0.29) is 0 Å². The summed E-state index contributed by atoms with van der Waals surface area (Å²) in [6, 6.07) is 66.2. The SMILES string of the molecule is c1ccc(-c2cc(-c3ccccc3)c3c(ccc4cc(-c5cccc(-c6ccc7ccc8ccc(-c9ccccc9)nc8c7n6)c5)ccc43)n2)cc1. The predicted octanol–water partition coefficient (Wildman–Crippen LogP) is 12.8.